The monoisotopic (exact) mass is 259 g/mol. The molecule has 1 spiro atoms. The molecule has 1 N–H and O–H groups in total. The molecular formula is C17H25NO. The Kier molecular flexibility index (Phi) is 3.30. The van der Waals surface area contributed by atoms with Crippen LogP contribution in [-0.2, 0) is 0 Å². The maximum Gasteiger partial charge on any atom is 0.122 e. The Morgan fingerprint density at radius 3 is 2.63 bits per heavy atom. The molecule has 1 saturated heterocycles. The molecule has 2 heteroatoms. The van der Waals surface area contributed by atoms with Crippen LogP contribution in [0.1, 0.15) is 56.1 Å². The van der Waals surface area contributed by atoms with Crippen LogP contribution in [0, 0.1) is 5.41 Å². The molecule has 1 aromatic rings. The van der Waals surface area contributed by atoms with E-state index in [0.29, 0.717) is 17.3 Å². The number of methoxy groups -OCH3 is 1. The van der Waals surface area contributed by atoms with E-state index in [1.165, 1.54) is 43.5 Å². The number of hydrogen-bond acceptors (Lipinski definition) is 2. The van der Waals surface area contributed by atoms with E-state index < -0.39 is 0 Å². The van der Waals surface area contributed by atoms with Crippen molar-refractivity contribution in [3.05, 3.63) is 29.3 Å². The van der Waals surface area contributed by atoms with E-state index in [9.17, 15) is 0 Å². The lowest BCUT2D eigenvalue weighted by atomic mass is 9.78. The molecule has 19 heavy (non-hydrogen) atoms. The summed E-state index contributed by atoms with van der Waals surface area (Å²) in [6.45, 7) is 6.96. The molecule has 0 bridgehead atoms. The Hall–Kier alpha value is -1.02. The Morgan fingerprint density at radius 1 is 1.32 bits per heavy atom. The minimum absolute atomic E-state index is 0.588. The van der Waals surface area contributed by atoms with Crippen LogP contribution in [-0.4, -0.2) is 20.2 Å². The van der Waals surface area contributed by atoms with Crippen LogP contribution in [0.3, 0.4) is 0 Å². The van der Waals surface area contributed by atoms with E-state index in [1.54, 1.807) is 7.11 Å². The molecule has 2 fully saturated rings. The molecule has 104 valence electrons. The van der Waals surface area contributed by atoms with Gasteiger partial charge >= 0.3 is 0 Å². The van der Waals surface area contributed by atoms with Crippen LogP contribution in [0.4, 0.5) is 0 Å². The predicted octanol–water partition coefficient (Wildman–Crippen LogP) is 3.68. The average molecular weight is 259 g/mol. The van der Waals surface area contributed by atoms with E-state index in [-0.39, 0.29) is 0 Å². The lowest BCUT2D eigenvalue weighted by Crippen LogP contribution is -2.51. The highest BCUT2D eigenvalue weighted by Crippen LogP contribution is 2.50. The fraction of sp³-hybridized carbons (Fsp3) is 0.647. The number of ether oxygens (including phenoxy) is 1. The third kappa shape index (κ3) is 2.27. The second-order valence-corrected chi connectivity index (χ2v) is 6.70. The zero-order valence-corrected chi connectivity index (χ0v) is 12.3. The molecule has 0 radical (unpaired) electrons. The summed E-state index contributed by atoms with van der Waals surface area (Å²) in [5, 5.41) is 3.44. The largest absolute Gasteiger partial charge is 0.496 e. The highest BCUT2D eigenvalue weighted by Gasteiger charge is 2.44. The quantitative estimate of drug-likeness (QED) is 0.894. The van der Waals surface area contributed by atoms with Crippen molar-refractivity contribution in [3.8, 4) is 5.75 Å². The third-order valence-electron chi connectivity index (χ3n) is 5.06. The molecule has 1 atom stereocenters. The van der Waals surface area contributed by atoms with E-state index in [2.05, 4.69) is 37.4 Å². The van der Waals surface area contributed by atoms with Crippen molar-refractivity contribution in [1.29, 1.82) is 0 Å². The van der Waals surface area contributed by atoms with Crippen LogP contribution in [0.2, 0.25) is 0 Å². The number of benzene rings is 1. The third-order valence-corrected chi connectivity index (χ3v) is 5.06. The molecule has 1 aromatic carbocycles. The van der Waals surface area contributed by atoms with Gasteiger partial charge in [0.25, 0.3) is 0 Å². The summed E-state index contributed by atoms with van der Waals surface area (Å²) in [6, 6.07) is 6.76. The zero-order valence-electron chi connectivity index (χ0n) is 12.3. The Morgan fingerprint density at radius 2 is 2.11 bits per heavy atom. The van der Waals surface area contributed by atoms with Gasteiger partial charge in [-0.2, -0.15) is 0 Å². The Labute approximate surface area is 116 Å². The predicted molar refractivity (Wildman–Crippen MR) is 79.0 cm³/mol. The van der Waals surface area contributed by atoms with Crippen molar-refractivity contribution in [2.24, 2.45) is 5.41 Å². The first-order valence-corrected chi connectivity index (χ1v) is 7.52. The lowest BCUT2D eigenvalue weighted by molar-refractivity contribution is 0.175. The molecule has 1 aliphatic carbocycles. The van der Waals surface area contributed by atoms with E-state index in [1.807, 2.05) is 0 Å². The minimum Gasteiger partial charge on any atom is -0.496 e. The summed E-state index contributed by atoms with van der Waals surface area (Å²) in [6.07, 6.45) is 4.03. The van der Waals surface area contributed by atoms with E-state index >= 15 is 0 Å². The SMILES string of the molecule is COc1ccc(C(C)C)cc1C1CCC2(CNC2)C1. The minimum atomic E-state index is 0.588. The summed E-state index contributed by atoms with van der Waals surface area (Å²) in [4.78, 5) is 0. The lowest BCUT2D eigenvalue weighted by Gasteiger charge is -2.39. The number of rotatable bonds is 3. The van der Waals surface area contributed by atoms with Crippen LogP contribution < -0.4 is 10.1 Å². The Bertz CT molecular complexity index is 462. The summed E-state index contributed by atoms with van der Waals surface area (Å²) in [5.41, 5.74) is 3.48. The molecule has 1 heterocycles. The van der Waals surface area contributed by atoms with Gasteiger partial charge in [-0.1, -0.05) is 26.0 Å². The van der Waals surface area contributed by atoms with Gasteiger partial charge in [-0.15, -0.1) is 0 Å². The standard InChI is InChI=1S/C17H25NO/c1-12(2)13-4-5-16(19-3)15(8-13)14-6-7-17(9-14)10-18-11-17/h4-5,8,12,14,18H,6-7,9-11H2,1-3H3. The van der Waals surface area contributed by atoms with Crippen LogP contribution >= 0.6 is 0 Å². The molecule has 0 amide bonds. The maximum atomic E-state index is 5.60. The summed E-state index contributed by atoms with van der Waals surface area (Å²) >= 11 is 0. The fourth-order valence-electron chi connectivity index (χ4n) is 3.70. The normalized spacial score (nSPS) is 24.7. The Balaban J connectivity index is 1.88. The first-order valence-electron chi connectivity index (χ1n) is 7.52. The first kappa shape index (κ1) is 13.0. The van der Waals surface area contributed by atoms with Crippen LogP contribution in [0.15, 0.2) is 18.2 Å². The average Bonchev–Trinajstić information content (AvgIpc) is 2.83. The van der Waals surface area contributed by atoms with Crippen LogP contribution in [0.25, 0.3) is 0 Å². The highest BCUT2D eigenvalue weighted by molar-refractivity contribution is 5.41. The van der Waals surface area contributed by atoms with Gasteiger partial charge < -0.3 is 10.1 Å². The van der Waals surface area contributed by atoms with E-state index in [0.717, 1.165) is 5.75 Å². The maximum absolute atomic E-state index is 5.60. The fourth-order valence-corrected chi connectivity index (χ4v) is 3.70. The van der Waals surface area contributed by atoms with Gasteiger partial charge in [-0.3, -0.25) is 0 Å². The summed E-state index contributed by atoms with van der Waals surface area (Å²) in [5.74, 6) is 2.36. The molecule has 1 saturated carbocycles. The van der Waals surface area contributed by atoms with Gasteiger partial charge in [-0.05, 0) is 53.7 Å². The van der Waals surface area contributed by atoms with E-state index in [4.69, 9.17) is 4.74 Å². The van der Waals surface area contributed by atoms with Gasteiger partial charge in [0.2, 0.25) is 0 Å². The zero-order chi connectivity index (χ0) is 13.5. The summed E-state index contributed by atoms with van der Waals surface area (Å²) < 4.78 is 5.60. The molecule has 2 nitrogen and oxygen atoms in total. The van der Waals surface area contributed by atoms with Gasteiger partial charge in [0.1, 0.15) is 5.75 Å². The number of nitrogens with one attached hydrogen (secondary N) is 1. The van der Waals surface area contributed by atoms with Gasteiger partial charge in [-0.25, -0.2) is 0 Å². The molecule has 2 aliphatic rings. The van der Waals surface area contributed by atoms with Crippen molar-refractivity contribution >= 4 is 0 Å². The van der Waals surface area contributed by atoms with Crippen LogP contribution in [0.5, 0.6) is 5.75 Å². The van der Waals surface area contributed by atoms with Gasteiger partial charge in [0.15, 0.2) is 0 Å². The highest BCUT2D eigenvalue weighted by atomic mass is 16.5. The second-order valence-electron chi connectivity index (χ2n) is 6.70. The van der Waals surface area contributed by atoms with Gasteiger partial charge in [0, 0.05) is 13.1 Å². The van der Waals surface area contributed by atoms with Crippen molar-refractivity contribution in [1.82, 2.24) is 5.32 Å². The topological polar surface area (TPSA) is 21.3 Å². The number of hydrogen-bond donors (Lipinski definition) is 1. The van der Waals surface area contributed by atoms with Crippen molar-refractivity contribution in [3.63, 3.8) is 0 Å². The molecular weight excluding hydrogens is 234 g/mol. The van der Waals surface area contributed by atoms with Crippen molar-refractivity contribution < 1.29 is 4.74 Å². The molecule has 0 aromatic heterocycles. The summed E-state index contributed by atoms with van der Waals surface area (Å²) in [7, 11) is 1.80. The second kappa shape index (κ2) is 4.82. The van der Waals surface area contributed by atoms with Gasteiger partial charge in [0.05, 0.1) is 7.11 Å². The first-order chi connectivity index (χ1) is 9.13. The molecule has 1 aliphatic heterocycles. The van der Waals surface area contributed by atoms with Crippen molar-refractivity contribution in [2.75, 3.05) is 20.2 Å². The smallest absolute Gasteiger partial charge is 0.122 e. The molecule has 3 rings (SSSR count). The molecule has 1 unspecified atom stereocenters. The van der Waals surface area contributed by atoms with Crippen molar-refractivity contribution in [2.45, 2.75) is 44.9 Å².